The van der Waals surface area contributed by atoms with E-state index in [1.807, 2.05) is 28.1 Å². The number of hydrogen-bond donors (Lipinski definition) is 0. The summed E-state index contributed by atoms with van der Waals surface area (Å²) in [6.07, 6.45) is 0.575. The molecule has 0 amide bonds. The van der Waals surface area contributed by atoms with Crippen molar-refractivity contribution in [3.63, 3.8) is 0 Å². The molecule has 0 spiro atoms. The number of halogens is 1. The van der Waals surface area contributed by atoms with Crippen molar-refractivity contribution in [2.75, 3.05) is 21.1 Å². The van der Waals surface area contributed by atoms with Gasteiger partial charge in [0.1, 0.15) is 0 Å². The minimum absolute atomic E-state index is 0. The van der Waals surface area contributed by atoms with Crippen LogP contribution in [-0.2, 0) is 10.5 Å². The lowest BCUT2D eigenvalue weighted by Crippen LogP contribution is -3.00. The molecule has 0 rings (SSSR count). The van der Waals surface area contributed by atoms with E-state index in [4.69, 9.17) is 0 Å². The summed E-state index contributed by atoms with van der Waals surface area (Å²) in [4.78, 5) is 0. The molecule has 0 aliphatic rings. The molecule has 74 valence electrons. The Morgan fingerprint density at radius 1 is 1.33 bits per heavy atom. The number of nitrogens with zero attached hydrogens (tertiary/aromatic N) is 2. The molecule has 4 nitrogen and oxygen atoms in total. The number of hydrogen-bond acceptors (Lipinski definition) is 3. The SMILES string of the molecule is CCC(N=S(=O)=O)[N+](C)(C)C.[I-]. The molecular weight excluding hydrogens is 291 g/mol. The Morgan fingerprint density at radius 2 is 1.75 bits per heavy atom. The Bertz CT molecular complexity index is 235. The van der Waals surface area contributed by atoms with Crippen molar-refractivity contribution < 1.29 is 36.9 Å². The molecule has 1 unspecified atom stereocenters. The van der Waals surface area contributed by atoms with Gasteiger partial charge in [0.15, 0.2) is 6.17 Å². The largest absolute Gasteiger partial charge is 1.00 e. The highest BCUT2D eigenvalue weighted by Gasteiger charge is 2.20. The molecule has 12 heavy (non-hydrogen) atoms. The topological polar surface area (TPSA) is 46.5 Å². The molecule has 0 aliphatic heterocycles. The first-order valence-corrected chi connectivity index (χ1v) is 4.52. The highest BCUT2D eigenvalue weighted by atomic mass is 127. The zero-order valence-electron chi connectivity index (χ0n) is 7.78. The van der Waals surface area contributed by atoms with Gasteiger partial charge in [0.25, 0.3) is 0 Å². The van der Waals surface area contributed by atoms with Crippen LogP contribution in [0.3, 0.4) is 0 Å². The molecule has 0 aliphatic carbocycles. The van der Waals surface area contributed by atoms with Crippen LogP contribution in [0.25, 0.3) is 0 Å². The summed E-state index contributed by atoms with van der Waals surface area (Å²) in [5.74, 6) is 0. The van der Waals surface area contributed by atoms with E-state index < -0.39 is 10.5 Å². The molecule has 0 bridgehead atoms. The van der Waals surface area contributed by atoms with Crippen molar-refractivity contribution in [1.29, 1.82) is 0 Å². The first-order valence-electron chi connectivity index (χ1n) is 3.49. The fourth-order valence-corrected chi connectivity index (χ4v) is 1.49. The summed E-state index contributed by atoms with van der Waals surface area (Å²) in [6.45, 7) is 1.92. The summed E-state index contributed by atoms with van der Waals surface area (Å²) >= 11 is 0. The van der Waals surface area contributed by atoms with Gasteiger partial charge in [0, 0.05) is 6.42 Å². The zero-order chi connectivity index (χ0) is 9.07. The van der Waals surface area contributed by atoms with Gasteiger partial charge in [-0.25, -0.2) is 0 Å². The van der Waals surface area contributed by atoms with Crippen molar-refractivity contribution in [3.8, 4) is 0 Å². The Hall–Kier alpha value is 0.310. The lowest BCUT2D eigenvalue weighted by Gasteiger charge is -2.28. The van der Waals surface area contributed by atoms with Gasteiger partial charge in [0.2, 0.25) is 0 Å². The Labute approximate surface area is 92.3 Å². The van der Waals surface area contributed by atoms with Gasteiger partial charge in [-0.1, -0.05) is 6.92 Å². The van der Waals surface area contributed by atoms with Crippen LogP contribution in [0.15, 0.2) is 4.36 Å². The van der Waals surface area contributed by atoms with Crippen LogP contribution in [0.1, 0.15) is 13.3 Å². The molecule has 0 saturated heterocycles. The van der Waals surface area contributed by atoms with Gasteiger partial charge >= 0.3 is 10.5 Å². The smallest absolute Gasteiger partial charge is 0.316 e. The van der Waals surface area contributed by atoms with Gasteiger partial charge in [-0.3, -0.25) is 0 Å². The van der Waals surface area contributed by atoms with Crippen LogP contribution >= 0.6 is 0 Å². The van der Waals surface area contributed by atoms with Crippen LogP contribution in [0.5, 0.6) is 0 Å². The van der Waals surface area contributed by atoms with E-state index in [9.17, 15) is 8.42 Å². The standard InChI is InChI=1S/C6H15N2O2S.HI/c1-5-6(7-11(9)10)8(2,3)4;/h6H,5H2,1-4H3;1H/q+1;/p-1. The molecule has 6 heteroatoms. The first kappa shape index (κ1) is 14.8. The average molecular weight is 306 g/mol. The third-order valence-electron chi connectivity index (χ3n) is 1.47. The monoisotopic (exact) mass is 306 g/mol. The maximum atomic E-state index is 10.2. The van der Waals surface area contributed by atoms with Crippen molar-refractivity contribution in [2.24, 2.45) is 4.36 Å². The van der Waals surface area contributed by atoms with E-state index in [1.165, 1.54) is 0 Å². The predicted molar refractivity (Wildman–Crippen MR) is 43.5 cm³/mol. The van der Waals surface area contributed by atoms with Gasteiger partial charge in [-0.15, -0.1) is 4.36 Å². The van der Waals surface area contributed by atoms with Crippen LogP contribution in [0, 0.1) is 0 Å². The maximum Gasteiger partial charge on any atom is 0.316 e. The Morgan fingerprint density at radius 3 is 1.83 bits per heavy atom. The molecule has 0 aromatic rings. The average Bonchev–Trinajstić information content (AvgIpc) is 1.79. The van der Waals surface area contributed by atoms with Crippen LogP contribution in [0.4, 0.5) is 0 Å². The van der Waals surface area contributed by atoms with Gasteiger partial charge in [-0.2, -0.15) is 8.42 Å². The summed E-state index contributed by atoms with van der Waals surface area (Å²) in [7, 11) is 3.48. The zero-order valence-corrected chi connectivity index (χ0v) is 10.8. The normalized spacial score (nSPS) is 13.0. The lowest BCUT2D eigenvalue weighted by molar-refractivity contribution is -0.895. The Balaban J connectivity index is 0. The van der Waals surface area contributed by atoms with Gasteiger partial charge in [-0.05, 0) is 0 Å². The van der Waals surface area contributed by atoms with Crippen LogP contribution in [0.2, 0.25) is 0 Å². The lowest BCUT2D eigenvalue weighted by atomic mass is 10.3. The fourth-order valence-electron chi connectivity index (χ4n) is 0.863. The molecule has 1 atom stereocenters. The molecule has 0 aromatic heterocycles. The second kappa shape index (κ2) is 5.87. The third-order valence-corrected chi connectivity index (χ3v) is 1.88. The van der Waals surface area contributed by atoms with Crippen molar-refractivity contribution in [3.05, 3.63) is 0 Å². The molecule has 0 fully saturated rings. The molecule has 0 radical (unpaired) electrons. The summed E-state index contributed by atoms with van der Waals surface area (Å²) < 4.78 is 24.6. The number of rotatable bonds is 3. The van der Waals surface area contributed by atoms with Crippen molar-refractivity contribution >= 4 is 10.5 Å². The third kappa shape index (κ3) is 5.90. The van der Waals surface area contributed by atoms with E-state index >= 15 is 0 Å². The van der Waals surface area contributed by atoms with E-state index in [2.05, 4.69) is 4.36 Å². The summed E-state index contributed by atoms with van der Waals surface area (Å²) in [5, 5.41) is 0. The predicted octanol–water partition coefficient (Wildman–Crippen LogP) is -2.50. The molecular formula is C6H15IN2O2S. The summed E-state index contributed by atoms with van der Waals surface area (Å²) in [5.41, 5.74) is 0. The quantitative estimate of drug-likeness (QED) is 0.427. The molecule has 0 heterocycles. The van der Waals surface area contributed by atoms with E-state index in [-0.39, 0.29) is 30.1 Å². The maximum absolute atomic E-state index is 10.2. The van der Waals surface area contributed by atoms with Gasteiger partial charge < -0.3 is 28.5 Å². The minimum atomic E-state index is -2.28. The fraction of sp³-hybridized carbons (Fsp3) is 1.00. The highest BCUT2D eigenvalue weighted by molar-refractivity contribution is 7.61. The highest BCUT2D eigenvalue weighted by Crippen LogP contribution is 2.07. The second-order valence-electron chi connectivity index (χ2n) is 3.33. The Kier molecular flexibility index (Phi) is 7.25. The van der Waals surface area contributed by atoms with Crippen LogP contribution in [-0.4, -0.2) is 40.2 Å². The van der Waals surface area contributed by atoms with Crippen LogP contribution < -0.4 is 24.0 Å². The van der Waals surface area contributed by atoms with Crippen molar-refractivity contribution in [1.82, 2.24) is 0 Å². The van der Waals surface area contributed by atoms with E-state index in [1.54, 1.807) is 0 Å². The van der Waals surface area contributed by atoms with E-state index in [0.29, 0.717) is 4.48 Å². The summed E-state index contributed by atoms with van der Waals surface area (Å²) in [6, 6.07) is 0. The van der Waals surface area contributed by atoms with E-state index in [0.717, 1.165) is 6.42 Å². The molecule has 0 aromatic carbocycles. The number of quaternary nitrogens is 1. The van der Waals surface area contributed by atoms with Crippen molar-refractivity contribution in [2.45, 2.75) is 19.5 Å². The first-order chi connectivity index (χ1) is 4.88. The van der Waals surface area contributed by atoms with Gasteiger partial charge in [0.05, 0.1) is 21.1 Å². The molecule has 0 saturated carbocycles. The minimum Gasteiger partial charge on any atom is -1.00 e. The second-order valence-corrected chi connectivity index (χ2v) is 3.97. The molecule has 0 N–H and O–H groups in total.